The maximum atomic E-state index is 11.0. The van der Waals surface area contributed by atoms with Crippen LogP contribution >= 0.6 is 0 Å². The molecule has 1 aromatic heterocycles. The summed E-state index contributed by atoms with van der Waals surface area (Å²) in [5.74, 6) is -0.0890. The largest absolute Gasteiger partial charge is 0.399 e. The average Bonchev–Trinajstić information content (AvgIpc) is 2.83. The monoisotopic (exact) mass is 281 g/mol. The van der Waals surface area contributed by atoms with E-state index in [1.54, 1.807) is 6.33 Å². The van der Waals surface area contributed by atoms with E-state index in [0.29, 0.717) is 5.69 Å². The first-order valence-corrected chi connectivity index (χ1v) is 6.49. The Balaban J connectivity index is 1.83. The standard InChI is InChI=1S/C15H15N5O/c1-10(21)18-12-3-5-13(6-4-12)19-20-9-17-14-8-11(16)2-7-15(14)20/h2-9,19H,16H2,1H3,(H,18,21). The Morgan fingerprint density at radius 2 is 1.86 bits per heavy atom. The first-order valence-electron chi connectivity index (χ1n) is 6.49. The van der Waals surface area contributed by atoms with E-state index in [0.717, 1.165) is 22.4 Å². The first kappa shape index (κ1) is 13.0. The summed E-state index contributed by atoms with van der Waals surface area (Å²) in [7, 11) is 0. The van der Waals surface area contributed by atoms with Crippen molar-refractivity contribution in [1.29, 1.82) is 0 Å². The van der Waals surface area contributed by atoms with E-state index in [2.05, 4.69) is 15.7 Å². The summed E-state index contributed by atoms with van der Waals surface area (Å²) >= 11 is 0. The molecule has 0 bridgehead atoms. The van der Waals surface area contributed by atoms with Gasteiger partial charge in [-0.3, -0.25) is 10.2 Å². The summed E-state index contributed by atoms with van der Waals surface area (Å²) in [6, 6.07) is 13.0. The lowest BCUT2D eigenvalue weighted by Crippen LogP contribution is -2.08. The number of carbonyl (C=O) groups excluding carboxylic acids is 1. The number of rotatable bonds is 3. The number of aromatic nitrogens is 2. The highest BCUT2D eigenvalue weighted by Crippen LogP contribution is 2.18. The van der Waals surface area contributed by atoms with Gasteiger partial charge in [0.2, 0.25) is 5.91 Å². The molecule has 2 aromatic carbocycles. The molecule has 1 amide bonds. The fourth-order valence-corrected chi connectivity index (χ4v) is 2.09. The molecule has 0 aliphatic heterocycles. The summed E-state index contributed by atoms with van der Waals surface area (Å²) in [6.45, 7) is 1.48. The lowest BCUT2D eigenvalue weighted by atomic mass is 10.3. The van der Waals surface area contributed by atoms with Crippen LogP contribution in [0.4, 0.5) is 17.1 Å². The third kappa shape index (κ3) is 2.79. The summed E-state index contributed by atoms with van der Waals surface area (Å²) in [5.41, 5.74) is 13.1. The predicted octanol–water partition coefficient (Wildman–Crippen LogP) is 2.45. The van der Waals surface area contributed by atoms with Crippen LogP contribution in [0, 0.1) is 0 Å². The van der Waals surface area contributed by atoms with Crippen molar-refractivity contribution in [3.05, 3.63) is 48.8 Å². The summed E-state index contributed by atoms with van der Waals surface area (Å²) in [5, 5.41) is 2.73. The maximum Gasteiger partial charge on any atom is 0.221 e. The molecular weight excluding hydrogens is 266 g/mol. The Bertz CT molecular complexity index is 791. The topological polar surface area (TPSA) is 85.0 Å². The lowest BCUT2D eigenvalue weighted by molar-refractivity contribution is -0.114. The molecule has 6 heteroatoms. The zero-order chi connectivity index (χ0) is 14.8. The second-order valence-corrected chi connectivity index (χ2v) is 4.73. The zero-order valence-corrected chi connectivity index (χ0v) is 11.5. The summed E-state index contributed by atoms with van der Waals surface area (Å²) in [4.78, 5) is 15.3. The number of hydrogen-bond acceptors (Lipinski definition) is 4. The van der Waals surface area contributed by atoms with Crippen LogP contribution < -0.4 is 16.5 Å². The number of amides is 1. The summed E-state index contributed by atoms with van der Waals surface area (Å²) in [6.07, 6.45) is 1.70. The van der Waals surface area contributed by atoms with Crippen LogP contribution in [0.3, 0.4) is 0 Å². The van der Waals surface area contributed by atoms with E-state index in [9.17, 15) is 4.79 Å². The zero-order valence-electron chi connectivity index (χ0n) is 11.5. The first-order chi connectivity index (χ1) is 10.1. The predicted molar refractivity (Wildman–Crippen MR) is 83.9 cm³/mol. The molecule has 0 radical (unpaired) electrons. The number of anilines is 3. The third-order valence-electron chi connectivity index (χ3n) is 3.03. The number of nitrogens with zero attached hydrogens (tertiary/aromatic N) is 2. The number of fused-ring (bicyclic) bond motifs is 1. The van der Waals surface area contributed by atoms with E-state index in [-0.39, 0.29) is 5.91 Å². The Hall–Kier alpha value is -3.02. The number of carbonyl (C=O) groups is 1. The Morgan fingerprint density at radius 1 is 1.14 bits per heavy atom. The highest BCUT2D eigenvalue weighted by molar-refractivity contribution is 5.88. The normalized spacial score (nSPS) is 10.5. The van der Waals surface area contributed by atoms with Gasteiger partial charge in [0.15, 0.2) is 0 Å². The smallest absolute Gasteiger partial charge is 0.221 e. The van der Waals surface area contributed by atoms with Crippen LogP contribution in [0.25, 0.3) is 11.0 Å². The molecule has 0 aliphatic rings. The molecule has 21 heavy (non-hydrogen) atoms. The molecule has 3 aromatic rings. The van der Waals surface area contributed by atoms with Crippen molar-refractivity contribution in [3.8, 4) is 0 Å². The molecule has 0 saturated heterocycles. The highest BCUT2D eigenvalue weighted by atomic mass is 16.1. The van der Waals surface area contributed by atoms with Gasteiger partial charge in [-0.2, -0.15) is 0 Å². The SMILES string of the molecule is CC(=O)Nc1ccc(Nn2cnc3cc(N)ccc32)cc1. The highest BCUT2D eigenvalue weighted by Gasteiger charge is 2.03. The number of nitrogens with one attached hydrogen (secondary N) is 2. The Morgan fingerprint density at radius 3 is 2.57 bits per heavy atom. The van der Waals surface area contributed by atoms with Crippen molar-refractivity contribution in [2.75, 3.05) is 16.5 Å². The molecule has 0 fully saturated rings. The van der Waals surface area contributed by atoms with Crippen molar-refractivity contribution >= 4 is 34.0 Å². The molecule has 1 heterocycles. The van der Waals surface area contributed by atoms with Gasteiger partial charge in [0.05, 0.1) is 16.7 Å². The van der Waals surface area contributed by atoms with Crippen molar-refractivity contribution in [1.82, 2.24) is 9.66 Å². The average molecular weight is 281 g/mol. The second kappa shape index (κ2) is 5.16. The van der Waals surface area contributed by atoms with Gasteiger partial charge >= 0.3 is 0 Å². The van der Waals surface area contributed by atoms with Gasteiger partial charge in [0.25, 0.3) is 0 Å². The minimum Gasteiger partial charge on any atom is -0.399 e. The molecule has 4 N–H and O–H groups in total. The van der Waals surface area contributed by atoms with Crippen molar-refractivity contribution in [3.63, 3.8) is 0 Å². The Labute approximate surface area is 121 Å². The molecule has 3 rings (SSSR count). The van der Waals surface area contributed by atoms with Gasteiger partial charge in [-0.15, -0.1) is 0 Å². The van der Waals surface area contributed by atoms with Gasteiger partial charge in [0.1, 0.15) is 6.33 Å². The van der Waals surface area contributed by atoms with Crippen LogP contribution in [0.5, 0.6) is 0 Å². The number of nitrogen functional groups attached to an aromatic ring is 1. The van der Waals surface area contributed by atoms with Crippen LogP contribution in [-0.4, -0.2) is 15.6 Å². The molecule has 0 spiro atoms. The van der Waals surface area contributed by atoms with Gasteiger partial charge < -0.3 is 11.1 Å². The van der Waals surface area contributed by atoms with E-state index >= 15 is 0 Å². The van der Waals surface area contributed by atoms with Crippen molar-refractivity contribution in [2.45, 2.75) is 6.92 Å². The fraction of sp³-hybridized carbons (Fsp3) is 0.0667. The number of benzene rings is 2. The van der Waals surface area contributed by atoms with Gasteiger partial charge in [-0.1, -0.05) is 0 Å². The van der Waals surface area contributed by atoms with Gasteiger partial charge in [-0.05, 0) is 42.5 Å². The minimum atomic E-state index is -0.0890. The van der Waals surface area contributed by atoms with E-state index in [4.69, 9.17) is 5.73 Å². The number of nitrogens with two attached hydrogens (primary N) is 1. The lowest BCUT2D eigenvalue weighted by Gasteiger charge is -2.09. The van der Waals surface area contributed by atoms with Crippen LogP contribution in [0.15, 0.2) is 48.8 Å². The summed E-state index contributed by atoms with van der Waals surface area (Å²) < 4.78 is 1.82. The van der Waals surface area contributed by atoms with Crippen LogP contribution in [0.2, 0.25) is 0 Å². The molecular formula is C15H15N5O. The number of imidazole rings is 1. The van der Waals surface area contributed by atoms with Gasteiger partial charge in [0, 0.05) is 18.3 Å². The molecule has 0 unspecified atom stereocenters. The number of hydrogen-bond donors (Lipinski definition) is 3. The molecule has 0 atom stereocenters. The van der Waals surface area contributed by atoms with E-state index < -0.39 is 0 Å². The van der Waals surface area contributed by atoms with Crippen LogP contribution in [-0.2, 0) is 4.79 Å². The maximum absolute atomic E-state index is 11.0. The van der Waals surface area contributed by atoms with E-state index in [1.807, 2.05) is 47.1 Å². The molecule has 0 aliphatic carbocycles. The molecule has 0 saturated carbocycles. The molecule has 106 valence electrons. The van der Waals surface area contributed by atoms with E-state index in [1.165, 1.54) is 6.92 Å². The molecule has 6 nitrogen and oxygen atoms in total. The fourth-order valence-electron chi connectivity index (χ4n) is 2.09. The second-order valence-electron chi connectivity index (χ2n) is 4.73. The quantitative estimate of drug-likeness (QED) is 0.644. The van der Waals surface area contributed by atoms with Crippen molar-refractivity contribution < 1.29 is 4.79 Å². The minimum absolute atomic E-state index is 0.0890. The van der Waals surface area contributed by atoms with Gasteiger partial charge in [-0.25, -0.2) is 9.66 Å². The Kier molecular flexibility index (Phi) is 3.19. The van der Waals surface area contributed by atoms with Crippen molar-refractivity contribution in [2.24, 2.45) is 0 Å². The van der Waals surface area contributed by atoms with Crippen LogP contribution in [0.1, 0.15) is 6.92 Å². The third-order valence-corrected chi connectivity index (χ3v) is 3.03.